The van der Waals surface area contributed by atoms with Crippen LogP contribution in [0.25, 0.3) is 0 Å². The van der Waals surface area contributed by atoms with Gasteiger partial charge in [-0.15, -0.1) is 23.1 Å². The standard InChI is InChI=1S/C14H14ClNOS2/c1-10(19-13-7-3-2-6-12(13)15)14(17)16-9-11-5-4-8-18-11/h2-8,10H,9H2,1H3,(H,16,17)/t10-/m0/s1. The number of nitrogens with one attached hydrogen (secondary N) is 1. The van der Waals surface area contributed by atoms with E-state index in [1.165, 1.54) is 11.8 Å². The third kappa shape index (κ3) is 4.27. The van der Waals surface area contributed by atoms with Crippen molar-refractivity contribution >= 4 is 40.6 Å². The summed E-state index contributed by atoms with van der Waals surface area (Å²) >= 11 is 9.20. The fourth-order valence-corrected chi connectivity index (χ4v) is 3.34. The molecule has 1 aromatic heterocycles. The van der Waals surface area contributed by atoms with E-state index in [1.807, 2.05) is 48.7 Å². The summed E-state index contributed by atoms with van der Waals surface area (Å²) in [6, 6.07) is 11.6. The van der Waals surface area contributed by atoms with Gasteiger partial charge in [-0.1, -0.05) is 29.8 Å². The van der Waals surface area contributed by atoms with Crippen LogP contribution in [-0.4, -0.2) is 11.2 Å². The highest BCUT2D eigenvalue weighted by atomic mass is 35.5. The topological polar surface area (TPSA) is 29.1 Å². The largest absolute Gasteiger partial charge is 0.350 e. The number of carbonyl (C=O) groups is 1. The first-order valence-electron chi connectivity index (χ1n) is 5.88. The predicted octanol–water partition coefficient (Wildman–Crippen LogP) is 4.20. The van der Waals surface area contributed by atoms with E-state index in [0.29, 0.717) is 11.6 Å². The second kappa shape index (κ2) is 6.98. The molecule has 1 atom stereocenters. The van der Waals surface area contributed by atoms with Crippen LogP contribution >= 0.6 is 34.7 Å². The molecule has 0 aliphatic heterocycles. The van der Waals surface area contributed by atoms with Crippen LogP contribution < -0.4 is 5.32 Å². The molecule has 1 aromatic carbocycles. The van der Waals surface area contributed by atoms with Crippen molar-refractivity contribution in [1.29, 1.82) is 0 Å². The van der Waals surface area contributed by atoms with Crippen molar-refractivity contribution in [1.82, 2.24) is 5.32 Å². The zero-order valence-electron chi connectivity index (χ0n) is 10.4. The highest BCUT2D eigenvalue weighted by molar-refractivity contribution is 8.00. The first-order valence-corrected chi connectivity index (χ1v) is 8.02. The molecule has 19 heavy (non-hydrogen) atoms. The summed E-state index contributed by atoms with van der Waals surface area (Å²) < 4.78 is 0. The molecular formula is C14H14ClNOS2. The zero-order chi connectivity index (χ0) is 13.7. The molecule has 1 amide bonds. The highest BCUT2D eigenvalue weighted by Crippen LogP contribution is 2.30. The zero-order valence-corrected chi connectivity index (χ0v) is 12.8. The minimum absolute atomic E-state index is 0.0262. The lowest BCUT2D eigenvalue weighted by Crippen LogP contribution is -2.30. The maximum absolute atomic E-state index is 12.0. The fraction of sp³-hybridized carbons (Fsp3) is 0.214. The van der Waals surface area contributed by atoms with Gasteiger partial charge in [-0.05, 0) is 30.5 Å². The number of carbonyl (C=O) groups excluding carboxylic acids is 1. The van der Waals surface area contributed by atoms with Crippen molar-refractivity contribution < 1.29 is 4.79 Å². The Morgan fingerprint density at radius 1 is 1.37 bits per heavy atom. The molecule has 0 saturated heterocycles. The van der Waals surface area contributed by atoms with Gasteiger partial charge in [0.25, 0.3) is 0 Å². The van der Waals surface area contributed by atoms with E-state index in [9.17, 15) is 4.79 Å². The second-order valence-electron chi connectivity index (χ2n) is 3.99. The summed E-state index contributed by atoms with van der Waals surface area (Å²) in [6.45, 7) is 2.47. The molecule has 5 heteroatoms. The molecule has 0 bridgehead atoms. The summed E-state index contributed by atoms with van der Waals surface area (Å²) in [5.41, 5.74) is 0. The van der Waals surface area contributed by atoms with E-state index >= 15 is 0 Å². The van der Waals surface area contributed by atoms with Gasteiger partial charge in [-0.25, -0.2) is 0 Å². The minimum Gasteiger partial charge on any atom is -0.350 e. The molecule has 100 valence electrons. The number of amides is 1. The Kier molecular flexibility index (Phi) is 5.31. The van der Waals surface area contributed by atoms with Crippen molar-refractivity contribution in [2.24, 2.45) is 0 Å². The van der Waals surface area contributed by atoms with Gasteiger partial charge in [0.1, 0.15) is 0 Å². The van der Waals surface area contributed by atoms with Crippen LogP contribution in [0, 0.1) is 0 Å². The van der Waals surface area contributed by atoms with E-state index in [2.05, 4.69) is 5.32 Å². The van der Waals surface area contributed by atoms with Gasteiger partial charge in [0, 0.05) is 9.77 Å². The van der Waals surface area contributed by atoms with Gasteiger partial charge < -0.3 is 5.32 Å². The predicted molar refractivity (Wildman–Crippen MR) is 82.9 cm³/mol. The Labute approximate surface area is 126 Å². The maximum Gasteiger partial charge on any atom is 0.233 e. The number of benzene rings is 1. The van der Waals surface area contributed by atoms with Crippen molar-refractivity contribution in [3.63, 3.8) is 0 Å². The lowest BCUT2D eigenvalue weighted by atomic mass is 10.4. The van der Waals surface area contributed by atoms with Crippen LogP contribution in [0.2, 0.25) is 5.02 Å². The number of hydrogen-bond acceptors (Lipinski definition) is 3. The van der Waals surface area contributed by atoms with Gasteiger partial charge in [0.2, 0.25) is 5.91 Å². The molecule has 0 unspecified atom stereocenters. The number of rotatable bonds is 5. The number of thioether (sulfide) groups is 1. The number of halogens is 1. The van der Waals surface area contributed by atoms with Crippen LogP contribution in [0.15, 0.2) is 46.7 Å². The molecule has 2 rings (SSSR count). The second-order valence-corrected chi connectivity index (χ2v) is 6.81. The van der Waals surface area contributed by atoms with Gasteiger partial charge in [-0.3, -0.25) is 4.79 Å². The van der Waals surface area contributed by atoms with Crippen LogP contribution in [-0.2, 0) is 11.3 Å². The average Bonchev–Trinajstić information content (AvgIpc) is 2.91. The quantitative estimate of drug-likeness (QED) is 0.839. The van der Waals surface area contributed by atoms with Crippen molar-refractivity contribution in [3.05, 3.63) is 51.7 Å². The summed E-state index contributed by atoms with van der Waals surface area (Å²) in [5, 5.41) is 5.45. The van der Waals surface area contributed by atoms with E-state index in [4.69, 9.17) is 11.6 Å². The number of thiophene rings is 1. The number of hydrogen-bond donors (Lipinski definition) is 1. The van der Waals surface area contributed by atoms with Crippen LogP contribution in [0.3, 0.4) is 0 Å². The molecule has 2 aromatic rings. The summed E-state index contributed by atoms with van der Waals surface area (Å²) in [6.07, 6.45) is 0. The van der Waals surface area contributed by atoms with Gasteiger partial charge >= 0.3 is 0 Å². The first kappa shape index (κ1) is 14.4. The SMILES string of the molecule is C[C@H](Sc1ccccc1Cl)C(=O)NCc1cccs1. The summed E-state index contributed by atoms with van der Waals surface area (Å²) in [5.74, 6) is 0.0262. The van der Waals surface area contributed by atoms with E-state index in [-0.39, 0.29) is 11.2 Å². The van der Waals surface area contributed by atoms with E-state index in [0.717, 1.165) is 9.77 Å². The van der Waals surface area contributed by atoms with Crippen LogP contribution in [0.4, 0.5) is 0 Å². The molecule has 2 nitrogen and oxygen atoms in total. The Morgan fingerprint density at radius 2 is 2.16 bits per heavy atom. The summed E-state index contributed by atoms with van der Waals surface area (Å²) in [7, 11) is 0. The maximum atomic E-state index is 12.0. The Bertz CT molecular complexity index is 542. The first-order chi connectivity index (χ1) is 9.16. The monoisotopic (exact) mass is 311 g/mol. The van der Waals surface area contributed by atoms with Crippen molar-refractivity contribution in [2.75, 3.05) is 0 Å². The molecule has 0 aliphatic carbocycles. The molecular weight excluding hydrogens is 298 g/mol. The van der Waals surface area contributed by atoms with E-state index in [1.54, 1.807) is 11.3 Å². The molecule has 0 spiro atoms. The van der Waals surface area contributed by atoms with Crippen LogP contribution in [0.5, 0.6) is 0 Å². The lowest BCUT2D eigenvalue weighted by Gasteiger charge is -2.12. The minimum atomic E-state index is -0.167. The Balaban J connectivity index is 1.87. The molecule has 0 fully saturated rings. The Morgan fingerprint density at radius 3 is 2.84 bits per heavy atom. The summed E-state index contributed by atoms with van der Waals surface area (Å²) in [4.78, 5) is 14.1. The highest BCUT2D eigenvalue weighted by Gasteiger charge is 2.15. The van der Waals surface area contributed by atoms with Gasteiger partial charge in [-0.2, -0.15) is 0 Å². The smallest absolute Gasteiger partial charge is 0.233 e. The van der Waals surface area contributed by atoms with E-state index < -0.39 is 0 Å². The third-order valence-electron chi connectivity index (χ3n) is 2.53. The third-order valence-corrected chi connectivity index (χ3v) is 5.02. The molecule has 0 saturated carbocycles. The van der Waals surface area contributed by atoms with Crippen molar-refractivity contribution in [3.8, 4) is 0 Å². The van der Waals surface area contributed by atoms with Gasteiger partial charge in [0.15, 0.2) is 0 Å². The normalized spacial score (nSPS) is 12.1. The average molecular weight is 312 g/mol. The van der Waals surface area contributed by atoms with Gasteiger partial charge in [0.05, 0.1) is 16.8 Å². The molecule has 1 heterocycles. The molecule has 0 radical (unpaired) electrons. The lowest BCUT2D eigenvalue weighted by molar-refractivity contribution is -0.120. The molecule has 1 N–H and O–H groups in total. The Hall–Kier alpha value is -0.970. The van der Waals surface area contributed by atoms with Crippen LogP contribution in [0.1, 0.15) is 11.8 Å². The fourth-order valence-electron chi connectivity index (χ4n) is 1.52. The molecule has 0 aliphatic rings. The van der Waals surface area contributed by atoms with Crippen molar-refractivity contribution in [2.45, 2.75) is 23.6 Å².